The standard InChI is InChI=1S/C41H24N2/c1-3-16-33-28(12-1)30-14-5-9-25-10-6-18-35(37(25)30)41(33)34-17-4-2-13-32(34)38-29(15-7-19-36(38)41)27-22-24-43-40-31(27)21-20-26-11-8-23-42-39(26)40/h1-24H. The first-order valence-corrected chi connectivity index (χ1v) is 14.8. The van der Waals surface area contributed by atoms with Crippen LogP contribution in [-0.2, 0) is 5.41 Å². The molecule has 10 rings (SSSR count). The van der Waals surface area contributed by atoms with Crippen molar-refractivity contribution in [2.75, 3.05) is 0 Å². The Morgan fingerprint density at radius 3 is 1.93 bits per heavy atom. The lowest BCUT2D eigenvalue weighted by Gasteiger charge is -2.40. The van der Waals surface area contributed by atoms with E-state index in [1.165, 1.54) is 66.4 Å². The lowest BCUT2D eigenvalue weighted by Crippen LogP contribution is -2.31. The molecule has 0 bridgehead atoms. The highest BCUT2D eigenvalue weighted by atomic mass is 14.7. The molecule has 2 nitrogen and oxygen atoms in total. The molecule has 0 fully saturated rings. The van der Waals surface area contributed by atoms with Crippen LogP contribution in [0.3, 0.4) is 0 Å². The Bertz CT molecular complexity index is 2470. The fourth-order valence-corrected chi connectivity index (χ4v) is 8.19. The summed E-state index contributed by atoms with van der Waals surface area (Å²) in [5.41, 5.74) is 14.5. The summed E-state index contributed by atoms with van der Waals surface area (Å²) >= 11 is 0. The van der Waals surface area contributed by atoms with E-state index in [-0.39, 0.29) is 0 Å². The van der Waals surface area contributed by atoms with Crippen molar-refractivity contribution in [3.8, 4) is 33.4 Å². The maximum absolute atomic E-state index is 4.83. The monoisotopic (exact) mass is 544 g/mol. The molecule has 8 aromatic rings. The molecule has 198 valence electrons. The summed E-state index contributed by atoms with van der Waals surface area (Å²) in [4.78, 5) is 9.56. The van der Waals surface area contributed by atoms with E-state index in [0.717, 1.165) is 21.8 Å². The van der Waals surface area contributed by atoms with Gasteiger partial charge < -0.3 is 0 Å². The first kappa shape index (κ1) is 23.0. The van der Waals surface area contributed by atoms with E-state index in [1.807, 2.05) is 18.5 Å². The van der Waals surface area contributed by atoms with Gasteiger partial charge in [0.05, 0.1) is 16.4 Å². The van der Waals surface area contributed by atoms with E-state index in [2.05, 4.69) is 127 Å². The molecule has 0 amide bonds. The third-order valence-corrected chi connectivity index (χ3v) is 9.77. The van der Waals surface area contributed by atoms with Crippen molar-refractivity contribution >= 4 is 32.6 Å². The van der Waals surface area contributed by atoms with Crippen LogP contribution >= 0.6 is 0 Å². The molecular weight excluding hydrogens is 520 g/mol. The normalized spacial score (nSPS) is 16.0. The van der Waals surface area contributed by atoms with Crippen molar-refractivity contribution in [1.29, 1.82) is 0 Å². The summed E-state index contributed by atoms with van der Waals surface area (Å²) in [7, 11) is 0. The van der Waals surface area contributed by atoms with Crippen molar-refractivity contribution in [3.63, 3.8) is 0 Å². The van der Waals surface area contributed by atoms with Crippen molar-refractivity contribution in [2.24, 2.45) is 0 Å². The Balaban J connectivity index is 1.38. The average Bonchev–Trinajstić information content (AvgIpc) is 3.38. The molecule has 1 atom stereocenters. The number of benzene rings is 6. The second-order valence-electron chi connectivity index (χ2n) is 11.7. The van der Waals surface area contributed by atoms with Gasteiger partial charge in [-0.15, -0.1) is 0 Å². The van der Waals surface area contributed by atoms with E-state index in [9.17, 15) is 0 Å². The first-order chi connectivity index (χ1) is 21.4. The van der Waals surface area contributed by atoms with Crippen LogP contribution in [0.25, 0.3) is 66.0 Å². The molecule has 1 unspecified atom stereocenters. The number of fused-ring (bicyclic) bond motifs is 12. The molecule has 0 aliphatic heterocycles. The van der Waals surface area contributed by atoms with E-state index >= 15 is 0 Å². The van der Waals surface area contributed by atoms with Gasteiger partial charge in [0.25, 0.3) is 0 Å². The number of aromatic nitrogens is 2. The average molecular weight is 545 g/mol. The summed E-state index contributed by atoms with van der Waals surface area (Å²) in [5.74, 6) is 0. The van der Waals surface area contributed by atoms with Crippen LogP contribution in [0.4, 0.5) is 0 Å². The summed E-state index contributed by atoms with van der Waals surface area (Å²) < 4.78 is 0. The van der Waals surface area contributed by atoms with Crippen molar-refractivity contribution in [1.82, 2.24) is 9.97 Å². The van der Waals surface area contributed by atoms with Crippen LogP contribution in [0.15, 0.2) is 146 Å². The van der Waals surface area contributed by atoms with E-state index in [0.29, 0.717) is 0 Å². The number of hydrogen-bond acceptors (Lipinski definition) is 2. The lowest BCUT2D eigenvalue weighted by atomic mass is 9.61. The largest absolute Gasteiger partial charge is 0.254 e. The molecule has 2 aliphatic rings. The van der Waals surface area contributed by atoms with E-state index in [1.54, 1.807) is 0 Å². The van der Waals surface area contributed by atoms with Gasteiger partial charge in [-0.25, -0.2) is 0 Å². The molecule has 2 aliphatic carbocycles. The maximum atomic E-state index is 4.83. The van der Waals surface area contributed by atoms with Crippen molar-refractivity contribution in [2.45, 2.75) is 5.41 Å². The predicted molar refractivity (Wildman–Crippen MR) is 176 cm³/mol. The summed E-state index contributed by atoms with van der Waals surface area (Å²) in [5, 5.41) is 4.86. The fraction of sp³-hybridized carbons (Fsp3) is 0.0244. The Kier molecular flexibility index (Phi) is 4.41. The SMILES string of the molecule is c1ccc2c(c1)-c1c(-c3ccnc4c3ccc3cccnc34)cccc1C21c2ccccc2-c2cccc3cccc1c23. The summed E-state index contributed by atoms with van der Waals surface area (Å²) in [6.07, 6.45) is 3.80. The smallest absolute Gasteiger partial charge is 0.0970 e. The molecule has 43 heavy (non-hydrogen) atoms. The quantitative estimate of drug-likeness (QED) is 0.192. The zero-order valence-corrected chi connectivity index (χ0v) is 23.3. The highest BCUT2D eigenvalue weighted by Gasteiger charge is 2.50. The summed E-state index contributed by atoms with van der Waals surface area (Å²) in [6, 6.07) is 49.2. The van der Waals surface area contributed by atoms with Crippen LogP contribution in [0, 0.1) is 0 Å². The Labute approximate surface area is 248 Å². The molecule has 2 heterocycles. The molecule has 0 radical (unpaired) electrons. The van der Waals surface area contributed by atoms with Gasteiger partial charge in [0, 0.05) is 23.2 Å². The van der Waals surface area contributed by atoms with Crippen molar-refractivity contribution in [3.05, 3.63) is 168 Å². The minimum atomic E-state index is -0.427. The van der Waals surface area contributed by atoms with Gasteiger partial charge >= 0.3 is 0 Å². The van der Waals surface area contributed by atoms with Crippen LogP contribution < -0.4 is 0 Å². The Morgan fingerprint density at radius 2 is 1.02 bits per heavy atom. The van der Waals surface area contributed by atoms with Gasteiger partial charge in [0.15, 0.2) is 0 Å². The zero-order chi connectivity index (χ0) is 28.1. The molecule has 6 aromatic carbocycles. The molecule has 2 aromatic heterocycles. The van der Waals surface area contributed by atoms with E-state index in [4.69, 9.17) is 9.97 Å². The fourth-order valence-electron chi connectivity index (χ4n) is 8.19. The van der Waals surface area contributed by atoms with Gasteiger partial charge in [-0.2, -0.15) is 0 Å². The third kappa shape index (κ3) is 2.78. The predicted octanol–water partition coefficient (Wildman–Crippen LogP) is 9.95. The van der Waals surface area contributed by atoms with Gasteiger partial charge in [-0.3, -0.25) is 9.97 Å². The molecular formula is C41H24N2. The maximum Gasteiger partial charge on any atom is 0.0970 e. The molecule has 0 saturated heterocycles. The van der Waals surface area contributed by atoms with Crippen molar-refractivity contribution < 1.29 is 0 Å². The van der Waals surface area contributed by atoms with Crippen LogP contribution in [0.1, 0.15) is 22.3 Å². The second kappa shape index (κ2) is 8.24. The van der Waals surface area contributed by atoms with Gasteiger partial charge in [-0.05, 0) is 78.5 Å². The number of rotatable bonds is 1. The zero-order valence-electron chi connectivity index (χ0n) is 23.3. The van der Waals surface area contributed by atoms with Crippen LogP contribution in [-0.4, -0.2) is 9.97 Å². The number of nitrogens with zero attached hydrogens (tertiary/aromatic N) is 2. The minimum Gasteiger partial charge on any atom is -0.254 e. The highest BCUT2D eigenvalue weighted by Crippen LogP contribution is 2.63. The van der Waals surface area contributed by atoms with Crippen LogP contribution in [0.2, 0.25) is 0 Å². The van der Waals surface area contributed by atoms with Crippen LogP contribution in [0.5, 0.6) is 0 Å². The topological polar surface area (TPSA) is 25.8 Å². The van der Waals surface area contributed by atoms with Gasteiger partial charge in [0.1, 0.15) is 0 Å². The van der Waals surface area contributed by atoms with Gasteiger partial charge in [-0.1, -0.05) is 121 Å². The second-order valence-corrected chi connectivity index (χ2v) is 11.7. The molecule has 0 N–H and O–H groups in total. The molecule has 0 saturated carbocycles. The minimum absolute atomic E-state index is 0.427. The third-order valence-electron chi connectivity index (χ3n) is 9.77. The first-order valence-electron chi connectivity index (χ1n) is 14.8. The summed E-state index contributed by atoms with van der Waals surface area (Å²) in [6.45, 7) is 0. The number of pyridine rings is 2. The number of hydrogen-bond donors (Lipinski definition) is 0. The Hall–Kier alpha value is -5.60. The van der Waals surface area contributed by atoms with Gasteiger partial charge in [0.2, 0.25) is 0 Å². The van der Waals surface area contributed by atoms with E-state index < -0.39 is 5.41 Å². The molecule has 2 heteroatoms. The lowest BCUT2D eigenvalue weighted by molar-refractivity contribution is 0.773. The molecule has 1 spiro atoms. The highest BCUT2D eigenvalue weighted by molar-refractivity contribution is 6.12. The Morgan fingerprint density at radius 1 is 0.372 bits per heavy atom.